The Bertz CT molecular complexity index is 772. The van der Waals surface area contributed by atoms with Crippen molar-refractivity contribution in [3.63, 3.8) is 0 Å². The van der Waals surface area contributed by atoms with Gasteiger partial charge in [0, 0.05) is 18.7 Å². The standard InChI is InChI=1S/C15H11ClN2O2S/c16-8-11-6-9-3-4-10(7-13(9)19-11)20-15-18-12-2-1-5-17-14(12)21-15/h1-5,7,11H,6,8H2. The van der Waals surface area contributed by atoms with E-state index >= 15 is 0 Å². The third kappa shape index (κ3) is 2.43. The number of rotatable bonds is 3. The van der Waals surface area contributed by atoms with Gasteiger partial charge in [-0.3, -0.25) is 0 Å². The number of pyridine rings is 1. The van der Waals surface area contributed by atoms with E-state index in [4.69, 9.17) is 21.1 Å². The molecule has 0 bridgehead atoms. The lowest BCUT2D eigenvalue weighted by Crippen LogP contribution is -2.13. The highest BCUT2D eigenvalue weighted by molar-refractivity contribution is 7.19. The number of hydrogen-bond acceptors (Lipinski definition) is 5. The Balaban J connectivity index is 1.60. The quantitative estimate of drug-likeness (QED) is 0.684. The summed E-state index contributed by atoms with van der Waals surface area (Å²) in [5, 5.41) is 0.579. The van der Waals surface area contributed by atoms with Crippen LogP contribution in [0, 0.1) is 0 Å². The second-order valence-electron chi connectivity index (χ2n) is 4.78. The van der Waals surface area contributed by atoms with Gasteiger partial charge in [-0.1, -0.05) is 17.4 Å². The molecule has 6 heteroatoms. The molecule has 0 amide bonds. The maximum atomic E-state index is 5.84. The molecule has 0 spiro atoms. The number of halogens is 1. The lowest BCUT2D eigenvalue weighted by Gasteiger charge is -2.06. The number of nitrogens with zero attached hydrogens (tertiary/aromatic N) is 2. The molecule has 4 rings (SSSR count). The number of fused-ring (bicyclic) bond motifs is 2. The molecule has 1 atom stereocenters. The smallest absolute Gasteiger partial charge is 0.281 e. The minimum absolute atomic E-state index is 0.0589. The molecule has 0 saturated carbocycles. The fraction of sp³-hybridized carbons (Fsp3) is 0.200. The van der Waals surface area contributed by atoms with Crippen molar-refractivity contribution in [3.8, 4) is 16.7 Å². The van der Waals surface area contributed by atoms with Crippen LogP contribution < -0.4 is 9.47 Å². The molecular formula is C15H11ClN2O2S. The zero-order valence-electron chi connectivity index (χ0n) is 11.0. The van der Waals surface area contributed by atoms with Crippen molar-refractivity contribution in [1.82, 2.24) is 9.97 Å². The van der Waals surface area contributed by atoms with Crippen LogP contribution in [0.1, 0.15) is 5.56 Å². The van der Waals surface area contributed by atoms with E-state index in [0.717, 1.165) is 22.5 Å². The zero-order valence-corrected chi connectivity index (χ0v) is 12.5. The second-order valence-corrected chi connectivity index (χ2v) is 6.03. The maximum absolute atomic E-state index is 5.84. The molecule has 0 saturated heterocycles. The van der Waals surface area contributed by atoms with Crippen LogP contribution >= 0.6 is 22.9 Å². The number of benzene rings is 1. The van der Waals surface area contributed by atoms with Gasteiger partial charge in [-0.05, 0) is 23.8 Å². The van der Waals surface area contributed by atoms with E-state index in [0.29, 0.717) is 16.8 Å². The van der Waals surface area contributed by atoms with Gasteiger partial charge < -0.3 is 9.47 Å². The van der Waals surface area contributed by atoms with Gasteiger partial charge in [0.25, 0.3) is 5.19 Å². The lowest BCUT2D eigenvalue weighted by atomic mass is 10.1. The predicted molar refractivity (Wildman–Crippen MR) is 82.8 cm³/mol. The molecule has 1 unspecified atom stereocenters. The lowest BCUT2D eigenvalue weighted by molar-refractivity contribution is 0.257. The monoisotopic (exact) mass is 318 g/mol. The summed E-state index contributed by atoms with van der Waals surface area (Å²) >= 11 is 7.27. The number of aromatic nitrogens is 2. The summed E-state index contributed by atoms with van der Waals surface area (Å²) in [5.41, 5.74) is 2.01. The number of thiazole rings is 1. The van der Waals surface area contributed by atoms with Crippen LogP contribution in [0.5, 0.6) is 16.7 Å². The molecule has 106 valence electrons. The first-order chi connectivity index (χ1) is 10.3. The second kappa shape index (κ2) is 5.16. The molecule has 0 aliphatic carbocycles. The number of ether oxygens (including phenoxy) is 2. The van der Waals surface area contributed by atoms with E-state index in [1.54, 1.807) is 6.20 Å². The summed E-state index contributed by atoms with van der Waals surface area (Å²) in [6, 6.07) is 9.62. The highest BCUT2D eigenvalue weighted by Crippen LogP contribution is 2.36. The van der Waals surface area contributed by atoms with Crippen LogP contribution in [-0.4, -0.2) is 22.0 Å². The fourth-order valence-corrected chi connectivity index (χ4v) is 3.27. The van der Waals surface area contributed by atoms with Crippen molar-refractivity contribution in [1.29, 1.82) is 0 Å². The van der Waals surface area contributed by atoms with Gasteiger partial charge >= 0.3 is 0 Å². The largest absolute Gasteiger partial charge is 0.488 e. The van der Waals surface area contributed by atoms with Gasteiger partial charge in [0.15, 0.2) is 0 Å². The Hall–Kier alpha value is -1.85. The third-order valence-corrected chi connectivity index (χ3v) is 4.51. The molecule has 4 nitrogen and oxygen atoms in total. The van der Waals surface area contributed by atoms with E-state index in [9.17, 15) is 0 Å². The Labute approximate surface area is 130 Å². The summed E-state index contributed by atoms with van der Waals surface area (Å²) in [5.74, 6) is 2.05. The molecule has 2 aromatic heterocycles. The van der Waals surface area contributed by atoms with Gasteiger partial charge in [-0.15, -0.1) is 11.6 Å². The average molecular weight is 319 g/mol. The molecule has 3 aromatic rings. The Kier molecular flexibility index (Phi) is 3.16. The van der Waals surface area contributed by atoms with Crippen LogP contribution in [0.15, 0.2) is 36.5 Å². The first-order valence-corrected chi connectivity index (χ1v) is 7.92. The van der Waals surface area contributed by atoms with Crippen LogP contribution in [0.25, 0.3) is 10.3 Å². The molecule has 0 radical (unpaired) electrons. The summed E-state index contributed by atoms with van der Waals surface area (Å²) in [6.07, 6.45) is 2.66. The first-order valence-electron chi connectivity index (χ1n) is 6.57. The van der Waals surface area contributed by atoms with Crippen molar-refractivity contribution in [3.05, 3.63) is 42.1 Å². The molecule has 1 aliphatic rings. The SMILES string of the molecule is ClCC1Cc2ccc(Oc3nc4cccnc4s3)cc2O1. The first kappa shape index (κ1) is 12.9. The number of alkyl halides is 1. The van der Waals surface area contributed by atoms with Crippen molar-refractivity contribution in [2.45, 2.75) is 12.5 Å². The Morgan fingerprint density at radius 2 is 2.33 bits per heavy atom. The minimum Gasteiger partial charge on any atom is -0.488 e. The highest BCUT2D eigenvalue weighted by atomic mass is 35.5. The van der Waals surface area contributed by atoms with E-state index in [1.807, 2.05) is 30.3 Å². The van der Waals surface area contributed by atoms with Crippen LogP contribution in [0.2, 0.25) is 0 Å². The summed E-state index contributed by atoms with van der Waals surface area (Å²) < 4.78 is 11.6. The molecule has 0 fully saturated rings. The average Bonchev–Trinajstić information content (AvgIpc) is 3.09. The Morgan fingerprint density at radius 1 is 1.38 bits per heavy atom. The normalized spacial score (nSPS) is 16.7. The summed E-state index contributed by atoms with van der Waals surface area (Å²) in [6.45, 7) is 0. The highest BCUT2D eigenvalue weighted by Gasteiger charge is 2.22. The van der Waals surface area contributed by atoms with Crippen molar-refractivity contribution in [2.24, 2.45) is 0 Å². The van der Waals surface area contributed by atoms with E-state index in [2.05, 4.69) is 9.97 Å². The molecule has 1 aliphatic heterocycles. The van der Waals surface area contributed by atoms with Gasteiger partial charge in [-0.2, -0.15) is 0 Å². The molecule has 1 aromatic carbocycles. The van der Waals surface area contributed by atoms with E-state index in [-0.39, 0.29) is 6.10 Å². The van der Waals surface area contributed by atoms with Crippen LogP contribution in [0.3, 0.4) is 0 Å². The van der Waals surface area contributed by atoms with Gasteiger partial charge in [0.1, 0.15) is 28.0 Å². The van der Waals surface area contributed by atoms with E-state index in [1.165, 1.54) is 16.9 Å². The maximum Gasteiger partial charge on any atom is 0.281 e. The van der Waals surface area contributed by atoms with E-state index < -0.39 is 0 Å². The topological polar surface area (TPSA) is 44.2 Å². The molecule has 3 heterocycles. The molecule has 0 N–H and O–H groups in total. The number of hydrogen-bond donors (Lipinski definition) is 0. The predicted octanol–water partition coefficient (Wildman–Crippen LogP) is 4.03. The fourth-order valence-electron chi connectivity index (χ4n) is 2.32. The summed E-state index contributed by atoms with van der Waals surface area (Å²) in [4.78, 5) is 9.53. The van der Waals surface area contributed by atoms with Crippen molar-refractivity contribution in [2.75, 3.05) is 5.88 Å². The van der Waals surface area contributed by atoms with Crippen LogP contribution in [-0.2, 0) is 6.42 Å². The molecule has 21 heavy (non-hydrogen) atoms. The van der Waals surface area contributed by atoms with Gasteiger partial charge in [0.05, 0.1) is 5.88 Å². The van der Waals surface area contributed by atoms with Gasteiger partial charge in [0.2, 0.25) is 0 Å². The van der Waals surface area contributed by atoms with Crippen molar-refractivity contribution >= 4 is 33.3 Å². The summed E-state index contributed by atoms with van der Waals surface area (Å²) in [7, 11) is 0. The Morgan fingerprint density at radius 3 is 3.19 bits per heavy atom. The zero-order chi connectivity index (χ0) is 14.2. The van der Waals surface area contributed by atoms with Crippen molar-refractivity contribution < 1.29 is 9.47 Å². The van der Waals surface area contributed by atoms with Gasteiger partial charge in [-0.25, -0.2) is 9.97 Å². The van der Waals surface area contributed by atoms with Crippen LogP contribution in [0.4, 0.5) is 0 Å². The minimum atomic E-state index is 0.0589. The third-order valence-electron chi connectivity index (χ3n) is 3.30. The molecular weight excluding hydrogens is 308 g/mol.